The highest BCUT2D eigenvalue weighted by molar-refractivity contribution is 9.10. The lowest BCUT2D eigenvalue weighted by atomic mass is 10.0. The molecule has 0 heterocycles. The Kier molecular flexibility index (Phi) is 4.08. The summed E-state index contributed by atoms with van der Waals surface area (Å²) in [7, 11) is 0. The maximum Gasteiger partial charge on any atom is 0.152 e. The van der Waals surface area contributed by atoms with Crippen molar-refractivity contribution in [3.05, 3.63) is 40.4 Å². The lowest BCUT2D eigenvalue weighted by Gasteiger charge is -2.03. The van der Waals surface area contributed by atoms with Gasteiger partial charge in [0.05, 0.1) is 0 Å². The molecule has 0 aromatic heterocycles. The number of hydrogen-bond acceptors (Lipinski definition) is 1. The van der Waals surface area contributed by atoms with Crippen molar-refractivity contribution >= 4 is 27.3 Å². The zero-order valence-electron chi connectivity index (χ0n) is 8.38. The molecule has 0 atom stereocenters. The third-order valence-corrected chi connectivity index (χ3v) is 2.50. The average Bonchev–Trinajstić information content (AvgIpc) is 2.15. The summed E-state index contributed by atoms with van der Waals surface area (Å²) in [4.78, 5) is 11.0. The van der Waals surface area contributed by atoms with Gasteiger partial charge < -0.3 is 0 Å². The van der Waals surface area contributed by atoms with Gasteiger partial charge in [0.1, 0.15) is 0 Å². The van der Waals surface area contributed by atoms with Gasteiger partial charge in [-0.3, -0.25) is 4.79 Å². The van der Waals surface area contributed by atoms with Gasteiger partial charge in [-0.1, -0.05) is 35.0 Å². The minimum absolute atomic E-state index is 0.102. The summed E-state index contributed by atoms with van der Waals surface area (Å²) >= 11 is 3.38. The molecule has 0 N–H and O–H groups in total. The number of carbonyl (C=O) groups excluding carboxylic acids is 1. The number of hydrogen-bond donors (Lipinski definition) is 0. The second kappa shape index (κ2) is 5.11. The van der Waals surface area contributed by atoms with E-state index >= 15 is 0 Å². The Bertz CT molecular complexity index is 349. The van der Waals surface area contributed by atoms with Crippen LogP contribution < -0.4 is 0 Å². The van der Waals surface area contributed by atoms with Crippen LogP contribution in [0.2, 0.25) is 0 Å². The number of halogens is 1. The van der Waals surface area contributed by atoms with Gasteiger partial charge in [-0.05, 0) is 42.7 Å². The molecule has 0 saturated carbocycles. The predicted molar refractivity (Wildman–Crippen MR) is 63.1 cm³/mol. The Morgan fingerprint density at radius 1 is 1.36 bits per heavy atom. The van der Waals surface area contributed by atoms with Crippen LogP contribution in [0.5, 0.6) is 0 Å². The minimum Gasteiger partial charge on any atom is -0.295 e. The first-order valence-electron chi connectivity index (χ1n) is 4.60. The van der Waals surface area contributed by atoms with Crippen molar-refractivity contribution in [2.75, 3.05) is 0 Å². The van der Waals surface area contributed by atoms with Gasteiger partial charge in [-0.2, -0.15) is 0 Å². The molecule has 0 spiro atoms. The first-order valence-corrected chi connectivity index (χ1v) is 5.40. The zero-order valence-corrected chi connectivity index (χ0v) is 9.97. The van der Waals surface area contributed by atoms with Crippen LogP contribution in [0.4, 0.5) is 0 Å². The molecule has 1 aromatic carbocycles. The van der Waals surface area contributed by atoms with E-state index in [4.69, 9.17) is 0 Å². The van der Waals surface area contributed by atoms with Gasteiger partial charge in [-0.15, -0.1) is 0 Å². The molecule has 0 aliphatic carbocycles. The van der Waals surface area contributed by atoms with Crippen LogP contribution in [0.1, 0.15) is 25.8 Å². The highest BCUT2D eigenvalue weighted by atomic mass is 79.9. The molecule has 2 heteroatoms. The van der Waals surface area contributed by atoms with Crippen LogP contribution in [0, 0.1) is 0 Å². The van der Waals surface area contributed by atoms with Gasteiger partial charge >= 0.3 is 0 Å². The molecule has 0 bridgehead atoms. The van der Waals surface area contributed by atoms with E-state index in [2.05, 4.69) is 22.9 Å². The molecule has 0 radical (unpaired) electrons. The molecular formula is C12H13BrO. The standard InChI is InChI=1S/C12H13BrO/c1-3-10(8-9(2)14)11-4-6-12(13)7-5-11/h4-8H,3H2,1-2H3/b10-8-. The highest BCUT2D eigenvalue weighted by Crippen LogP contribution is 2.20. The largest absolute Gasteiger partial charge is 0.295 e. The predicted octanol–water partition coefficient (Wildman–Crippen LogP) is 3.83. The molecule has 0 fully saturated rings. The molecule has 0 saturated heterocycles. The minimum atomic E-state index is 0.102. The van der Waals surface area contributed by atoms with Crippen molar-refractivity contribution in [1.82, 2.24) is 0 Å². The number of allylic oxidation sites excluding steroid dienone is 2. The SMILES string of the molecule is CC/C(=C/C(C)=O)c1ccc(Br)cc1. The third kappa shape index (κ3) is 3.11. The summed E-state index contributed by atoms with van der Waals surface area (Å²) in [5.41, 5.74) is 2.20. The van der Waals surface area contributed by atoms with Crippen LogP contribution >= 0.6 is 15.9 Å². The van der Waals surface area contributed by atoms with Crippen LogP contribution in [0.25, 0.3) is 5.57 Å². The average molecular weight is 253 g/mol. The first kappa shape index (κ1) is 11.2. The smallest absolute Gasteiger partial charge is 0.152 e. The van der Waals surface area contributed by atoms with Crippen molar-refractivity contribution in [3.63, 3.8) is 0 Å². The second-order valence-electron chi connectivity index (χ2n) is 3.14. The molecule has 0 unspecified atom stereocenters. The Morgan fingerprint density at radius 3 is 2.36 bits per heavy atom. The van der Waals surface area contributed by atoms with Gasteiger partial charge in [0, 0.05) is 4.47 Å². The zero-order chi connectivity index (χ0) is 10.6. The number of carbonyl (C=O) groups is 1. The summed E-state index contributed by atoms with van der Waals surface area (Å²) in [5.74, 6) is 0.102. The molecule has 74 valence electrons. The van der Waals surface area contributed by atoms with E-state index in [9.17, 15) is 4.79 Å². The molecule has 0 aliphatic heterocycles. The van der Waals surface area contributed by atoms with Crippen molar-refractivity contribution in [2.24, 2.45) is 0 Å². The summed E-state index contributed by atoms with van der Waals surface area (Å²) in [5, 5.41) is 0. The normalized spacial score (nSPS) is 11.5. The number of rotatable bonds is 3. The quantitative estimate of drug-likeness (QED) is 0.748. The fourth-order valence-electron chi connectivity index (χ4n) is 1.30. The molecule has 0 aliphatic rings. The van der Waals surface area contributed by atoms with Gasteiger partial charge in [-0.25, -0.2) is 0 Å². The van der Waals surface area contributed by atoms with Gasteiger partial charge in [0.2, 0.25) is 0 Å². The topological polar surface area (TPSA) is 17.1 Å². The Hall–Kier alpha value is -0.890. The summed E-state index contributed by atoms with van der Waals surface area (Å²) in [6, 6.07) is 8.00. The van der Waals surface area contributed by atoms with E-state index in [0.717, 1.165) is 22.0 Å². The van der Waals surface area contributed by atoms with Crippen LogP contribution in [-0.2, 0) is 4.79 Å². The van der Waals surface area contributed by atoms with E-state index in [1.807, 2.05) is 24.3 Å². The first-order chi connectivity index (χ1) is 6.63. The van der Waals surface area contributed by atoms with Gasteiger partial charge in [0.15, 0.2) is 5.78 Å². The maximum absolute atomic E-state index is 11.0. The van der Waals surface area contributed by atoms with Crippen LogP contribution in [0.15, 0.2) is 34.8 Å². The van der Waals surface area contributed by atoms with Crippen molar-refractivity contribution < 1.29 is 4.79 Å². The van der Waals surface area contributed by atoms with Crippen molar-refractivity contribution in [2.45, 2.75) is 20.3 Å². The molecular weight excluding hydrogens is 240 g/mol. The Morgan fingerprint density at radius 2 is 1.93 bits per heavy atom. The van der Waals surface area contributed by atoms with E-state index in [1.165, 1.54) is 0 Å². The third-order valence-electron chi connectivity index (χ3n) is 1.97. The van der Waals surface area contributed by atoms with Crippen molar-refractivity contribution in [1.29, 1.82) is 0 Å². The highest BCUT2D eigenvalue weighted by Gasteiger charge is 2.00. The van der Waals surface area contributed by atoms with E-state index in [1.54, 1.807) is 13.0 Å². The molecule has 1 nitrogen and oxygen atoms in total. The van der Waals surface area contributed by atoms with Gasteiger partial charge in [0.25, 0.3) is 0 Å². The monoisotopic (exact) mass is 252 g/mol. The van der Waals surface area contributed by atoms with Crippen molar-refractivity contribution in [3.8, 4) is 0 Å². The van der Waals surface area contributed by atoms with E-state index < -0.39 is 0 Å². The fourth-order valence-corrected chi connectivity index (χ4v) is 1.56. The lowest BCUT2D eigenvalue weighted by Crippen LogP contribution is -1.88. The Balaban J connectivity index is 3.01. The lowest BCUT2D eigenvalue weighted by molar-refractivity contribution is -0.112. The number of benzene rings is 1. The van der Waals surface area contributed by atoms with Crippen LogP contribution in [-0.4, -0.2) is 5.78 Å². The summed E-state index contributed by atoms with van der Waals surface area (Å²) in [6.07, 6.45) is 2.57. The maximum atomic E-state index is 11.0. The summed E-state index contributed by atoms with van der Waals surface area (Å²) < 4.78 is 1.06. The second-order valence-corrected chi connectivity index (χ2v) is 4.06. The molecule has 1 rings (SSSR count). The molecule has 14 heavy (non-hydrogen) atoms. The van der Waals surface area contributed by atoms with E-state index in [0.29, 0.717) is 0 Å². The van der Waals surface area contributed by atoms with Crippen LogP contribution in [0.3, 0.4) is 0 Å². The fraction of sp³-hybridized carbons (Fsp3) is 0.250. The summed E-state index contributed by atoms with van der Waals surface area (Å²) in [6.45, 7) is 3.63. The van der Waals surface area contributed by atoms with E-state index in [-0.39, 0.29) is 5.78 Å². The Labute approximate surface area is 93.0 Å². The number of ketones is 1. The molecule has 0 amide bonds. The molecule has 1 aromatic rings.